The highest BCUT2D eigenvalue weighted by Crippen LogP contribution is 2.27. The monoisotopic (exact) mass is 961 g/mol. The van der Waals surface area contributed by atoms with Crippen LogP contribution in [0, 0.1) is 12.7 Å². The van der Waals surface area contributed by atoms with E-state index in [0.29, 0.717) is 5.52 Å². The Kier molecular flexibility index (Phi) is 23.5. The molecular weight excluding hydrogens is 947 g/mol. The molecule has 2 aromatic heterocycles. The summed E-state index contributed by atoms with van der Waals surface area (Å²) in [5.74, 6) is 0.628. The van der Waals surface area contributed by atoms with Crippen LogP contribution in [0.5, 0.6) is 0 Å². The molecule has 230 valence electrons. The molecule has 2 heterocycles. The van der Waals surface area contributed by atoms with Gasteiger partial charge in [0, 0.05) is 229 Å². The Hall–Kier alpha value is 2.87. The Labute approximate surface area is 304 Å². The first-order chi connectivity index (χ1) is 19.8. The van der Waals surface area contributed by atoms with Crippen LogP contribution in [-0.2, 0) is 205 Å². The molecule has 0 saturated heterocycles. The van der Waals surface area contributed by atoms with Gasteiger partial charge in [0.15, 0.2) is 0 Å². The van der Waals surface area contributed by atoms with Gasteiger partial charge in [-0.2, -0.15) is 0 Å². The molecular formula is C15H16FN3S22. The first-order valence-corrected chi connectivity index (χ1v) is 37.8. The van der Waals surface area contributed by atoms with E-state index in [1.54, 1.807) is 166 Å². The zero-order chi connectivity index (χ0) is 29.9. The summed E-state index contributed by atoms with van der Waals surface area (Å²) in [5.41, 5.74) is 2.40. The van der Waals surface area contributed by atoms with Crippen molar-refractivity contribution in [2.45, 2.75) is 33.1 Å². The van der Waals surface area contributed by atoms with E-state index in [2.05, 4.69) is 35.1 Å². The number of benzene rings is 1. The summed E-state index contributed by atoms with van der Waals surface area (Å²) in [5, 5.41) is 0.877. The number of hydrogen-bond donors (Lipinski definition) is 0. The van der Waals surface area contributed by atoms with Crippen LogP contribution in [-0.4, -0.2) is 14.4 Å². The number of halogens is 1. The fourth-order valence-electron chi connectivity index (χ4n) is 2.55. The molecule has 0 aliphatic heterocycles. The minimum absolute atomic E-state index is 0.135. The van der Waals surface area contributed by atoms with E-state index in [4.69, 9.17) is 22.4 Å². The molecule has 0 aliphatic carbocycles. The third-order valence-electron chi connectivity index (χ3n) is 3.78. The van der Waals surface area contributed by atoms with Crippen LogP contribution in [0.2, 0.25) is 0 Å². The summed E-state index contributed by atoms with van der Waals surface area (Å²) in [6.07, 6.45) is 1.83. The molecule has 3 aromatic rings. The van der Waals surface area contributed by atoms with Crippen molar-refractivity contribution in [2.24, 2.45) is 0 Å². The van der Waals surface area contributed by atoms with E-state index in [1.807, 2.05) is 13.1 Å². The maximum absolute atomic E-state index is 13.4. The molecule has 0 bridgehead atoms. The van der Waals surface area contributed by atoms with Crippen molar-refractivity contribution in [1.82, 2.24) is 14.4 Å². The number of nitrogens with zero attached hydrogens (tertiary/aromatic N) is 3. The normalized spacial score (nSPS) is 9.78. The van der Waals surface area contributed by atoms with Gasteiger partial charge in [-0.25, -0.2) is 14.4 Å². The minimum Gasteiger partial charge on any atom is -0.284 e. The highest BCUT2D eigenvalue weighted by atomic mass is 33.5. The summed E-state index contributed by atoms with van der Waals surface area (Å²) in [7, 11) is 34.5. The fourth-order valence-corrected chi connectivity index (χ4v) is 52.0. The van der Waals surface area contributed by atoms with Gasteiger partial charge in [0.1, 0.15) is 17.3 Å². The number of fused-ring (bicyclic) bond motifs is 3. The number of hydrogen-bond acceptors (Lipinski definition) is 4. The van der Waals surface area contributed by atoms with Crippen molar-refractivity contribution in [2.75, 3.05) is 0 Å². The van der Waals surface area contributed by atoms with Gasteiger partial charge in [-0.3, -0.25) is 4.40 Å². The Morgan fingerprint density at radius 2 is 1.10 bits per heavy atom. The van der Waals surface area contributed by atoms with Crippen LogP contribution >= 0.6 is 0 Å². The molecule has 0 aliphatic rings. The van der Waals surface area contributed by atoms with Gasteiger partial charge in [0.2, 0.25) is 0 Å². The van der Waals surface area contributed by atoms with Crippen molar-refractivity contribution in [1.29, 1.82) is 0 Å². The van der Waals surface area contributed by atoms with Crippen molar-refractivity contribution < 1.29 is 4.39 Å². The lowest BCUT2D eigenvalue weighted by atomic mass is 9.95. The van der Waals surface area contributed by atoms with Gasteiger partial charge in [-0.05, 0) is 19.1 Å². The highest BCUT2D eigenvalue weighted by Gasteiger charge is 2.22. The lowest BCUT2D eigenvalue weighted by molar-refractivity contribution is 0.537. The second-order valence-electron chi connectivity index (χ2n) is 7.27. The number of aryl methyl sites for hydroxylation is 1. The zero-order valence-corrected chi connectivity index (χ0v) is 38.5. The van der Waals surface area contributed by atoms with Crippen molar-refractivity contribution in [3.05, 3.63) is 41.7 Å². The summed E-state index contributed by atoms with van der Waals surface area (Å²) < 4.78 is 15.5. The molecule has 0 saturated carbocycles. The molecule has 3 nitrogen and oxygen atoms in total. The van der Waals surface area contributed by atoms with E-state index < -0.39 is 0 Å². The maximum atomic E-state index is 13.4. The van der Waals surface area contributed by atoms with Crippen molar-refractivity contribution in [3.63, 3.8) is 0 Å². The summed E-state index contributed by atoms with van der Waals surface area (Å²) in [4.78, 5) is 9.10. The first-order valence-electron chi connectivity index (χ1n) is 9.82. The summed E-state index contributed by atoms with van der Waals surface area (Å²) in [6.45, 7) is 8.30. The highest BCUT2D eigenvalue weighted by molar-refractivity contribution is 8.78. The van der Waals surface area contributed by atoms with Gasteiger partial charge in [-0.15, -0.1) is 0 Å². The Bertz CT molecular complexity index is 2240. The molecule has 41 heavy (non-hydrogen) atoms. The number of rotatable bonds is 0. The van der Waals surface area contributed by atoms with Crippen molar-refractivity contribution in [3.8, 4) is 0 Å². The smallest absolute Gasteiger partial charge is 0.147 e. The molecule has 1 aromatic carbocycles. The van der Waals surface area contributed by atoms with Crippen LogP contribution in [0.1, 0.15) is 32.3 Å². The largest absolute Gasteiger partial charge is 0.284 e. The second-order valence-corrected chi connectivity index (χ2v) is 42.6. The van der Waals surface area contributed by atoms with Gasteiger partial charge < -0.3 is 0 Å². The van der Waals surface area contributed by atoms with Crippen LogP contribution in [0.3, 0.4) is 0 Å². The average molecular weight is 963 g/mol. The Morgan fingerprint density at radius 1 is 0.683 bits per heavy atom. The molecule has 26 heteroatoms. The topological polar surface area (TPSA) is 30.2 Å². The summed E-state index contributed by atoms with van der Waals surface area (Å²) >= 11 is 9.53. The first kappa shape index (κ1) is 40.0. The third-order valence-corrected chi connectivity index (χ3v) is 46.0. The minimum atomic E-state index is -0.271. The van der Waals surface area contributed by atoms with Crippen LogP contribution < -0.4 is 0 Å². The molecule has 0 radical (unpaired) electrons. The standard InChI is InChI=1S/C15H16FN3.S22/c1-9-8-17-13-11-6-5-10(16)7-12(11)18-14(19(9)13)15(2,3)4;1-3-5-7-9-11-13-15-17-19-21-22-20-18-16-14-12-10-8-6-4-2/h5-8H,1-4H3;. The second kappa shape index (κ2) is 24.1. The van der Waals surface area contributed by atoms with E-state index in [1.165, 1.54) is 29.9 Å². The molecule has 0 atom stereocenters. The van der Waals surface area contributed by atoms with Gasteiger partial charge >= 0.3 is 0 Å². The van der Waals surface area contributed by atoms with E-state index in [9.17, 15) is 4.39 Å². The van der Waals surface area contributed by atoms with E-state index in [-0.39, 0.29) is 11.2 Å². The Balaban J connectivity index is 0.000000288. The van der Waals surface area contributed by atoms with Crippen LogP contribution in [0.4, 0.5) is 4.39 Å². The molecule has 3 rings (SSSR count). The predicted molar refractivity (Wildman–Crippen MR) is 236 cm³/mol. The SMILES string of the molecule is Cc1cnc2c3ccc(F)cc3nc(C(C)(C)C)n12.S=S=S=S=S=S=S=S=S=S=S=S=S=S=S=S=S=S=S=S=S=S. The van der Waals surface area contributed by atoms with Crippen LogP contribution in [0.25, 0.3) is 16.6 Å². The molecule has 0 amide bonds. The average Bonchev–Trinajstić information content (AvgIpc) is 3.33. The number of imidazole rings is 1. The molecule has 0 unspecified atom stereocenters. The fraction of sp³-hybridized carbons (Fsp3) is 0.333. The summed E-state index contributed by atoms with van der Waals surface area (Å²) in [6, 6.07) is 4.66. The van der Waals surface area contributed by atoms with Gasteiger partial charge in [-0.1, -0.05) is 20.8 Å². The maximum Gasteiger partial charge on any atom is 0.147 e. The predicted octanol–water partition coefficient (Wildman–Crippen LogP) is 3.57. The van der Waals surface area contributed by atoms with Crippen LogP contribution in [0.15, 0.2) is 24.4 Å². The number of aromatic nitrogens is 3. The lowest BCUT2D eigenvalue weighted by Crippen LogP contribution is -2.19. The van der Waals surface area contributed by atoms with Gasteiger partial charge in [0.05, 0.1) is 5.52 Å². The quantitative estimate of drug-likeness (QED) is 0.346. The van der Waals surface area contributed by atoms with Gasteiger partial charge in [0.25, 0.3) is 0 Å². The molecule has 0 N–H and O–H groups in total. The Morgan fingerprint density at radius 3 is 1.49 bits per heavy atom. The van der Waals surface area contributed by atoms with E-state index in [0.717, 1.165) is 22.6 Å². The lowest BCUT2D eigenvalue weighted by Gasteiger charge is -2.21. The molecule has 0 fully saturated rings. The third kappa shape index (κ3) is 16.5. The molecule has 0 spiro atoms. The zero-order valence-electron chi connectivity index (χ0n) is 20.5. The van der Waals surface area contributed by atoms with E-state index >= 15 is 0 Å². The van der Waals surface area contributed by atoms with Crippen molar-refractivity contribution >= 4 is 217 Å².